The fraction of sp³-hybridized carbons (Fsp3) is 0.467. The normalized spacial score (nSPS) is 17.3. The van der Waals surface area contributed by atoms with Gasteiger partial charge in [-0.15, -0.1) is 0 Å². The lowest BCUT2D eigenvalue weighted by Gasteiger charge is -2.30. The van der Waals surface area contributed by atoms with E-state index in [1.807, 2.05) is 0 Å². The van der Waals surface area contributed by atoms with Crippen molar-refractivity contribution in [2.24, 2.45) is 0 Å². The van der Waals surface area contributed by atoms with Crippen LogP contribution in [0, 0.1) is 18.6 Å². The van der Waals surface area contributed by atoms with Crippen LogP contribution in [0.25, 0.3) is 0 Å². The van der Waals surface area contributed by atoms with Gasteiger partial charge in [-0.1, -0.05) is 11.2 Å². The number of hydrogen-bond acceptors (Lipinski definition) is 4. The van der Waals surface area contributed by atoms with E-state index in [2.05, 4.69) is 15.0 Å². The van der Waals surface area contributed by atoms with E-state index in [-0.39, 0.29) is 0 Å². The molecule has 1 fully saturated rings. The molecule has 0 amide bonds. The van der Waals surface area contributed by atoms with E-state index in [1.54, 1.807) is 6.92 Å². The Balaban J connectivity index is 1.58. The zero-order valence-corrected chi connectivity index (χ0v) is 11.9. The Kier molecular flexibility index (Phi) is 3.96. The van der Waals surface area contributed by atoms with E-state index in [0.717, 1.165) is 37.8 Å². The number of likely N-dealkylation sites (tertiary alicyclic amines) is 1. The van der Waals surface area contributed by atoms with Crippen LogP contribution in [-0.2, 0) is 6.54 Å². The molecule has 2 aromatic rings. The van der Waals surface area contributed by atoms with E-state index in [9.17, 15) is 8.78 Å². The Hall–Kier alpha value is -1.82. The Morgan fingerprint density at radius 1 is 1.29 bits per heavy atom. The van der Waals surface area contributed by atoms with Crippen LogP contribution in [0.4, 0.5) is 8.78 Å². The van der Waals surface area contributed by atoms with Crippen molar-refractivity contribution in [2.45, 2.75) is 32.2 Å². The summed E-state index contributed by atoms with van der Waals surface area (Å²) in [6.07, 6.45) is 1.84. The number of benzene rings is 1. The van der Waals surface area contributed by atoms with Crippen LogP contribution >= 0.6 is 0 Å². The Morgan fingerprint density at radius 2 is 2.05 bits per heavy atom. The third kappa shape index (κ3) is 3.26. The fourth-order valence-electron chi connectivity index (χ4n) is 2.72. The van der Waals surface area contributed by atoms with Gasteiger partial charge in [-0.25, -0.2) is 8.78 Å². The molecule has 4 nitrogen and oxygen atoms in total. The summed E-state index contributed by atoms with van der Waals surface area (Å²) in [7, 11) is 0. The molecule has 21 heavy (non-hydrogen) atoms. The molecule has 112 valence electrons. The third-order valence-corrected chi connectivity index (χ3v) is 3.91. The number of piperidine rings is 1. The number of hydrogen-bond donors (Lipinski definition) is 0. The van der Waals surface area contributed by atoms with Crippen molar-refractivity contribution >= 4 is 0 Å². The molecule has 6 heteroatoms. The minimum Gasteiger partial charge on any atom is -0.340 e. The summed E-state index contributed by atoms with van der Waals surface area (Å²) in [5.41, 5.74) is 0.533. The molecule has 0 unspecified atom stereocenters. The van der Waals surface area contributed by atoms with Gasteiger partial charge in [-0.2, -0.15) is 4.98 Å². The molecule has 2 heterocycles. The highest BCUT2D eigenvalue weighted by atomic mass is 19.1. The minimum absolute atomic E-state index is 0.303. The maximum absolute atomic E-state index is 13.7. The zero-order valence-electron chi connectivity index (χ0n) is 11.9. The highest BCUT2D eigenvalue weighted by Crippen LogP contribution is 2.27. The van der Waals surface area contributed by atoms with Gasteiger partial charge in [-0.3, -0.25) is 4.90 Å². The predicted molar refractivity (Wildman–Crippen MR) is 72.6 cm³/mol. The maximum atomic E-state index is 13.7. The summed E-state index contributed by atoms with van der Waals surface area (Å²) >= 11 is 0. The standard InChI is InChI=1S/C15H17F2N3O/c1-10-18-15(19-21-10)11-4-6-20(7-5-11)9-12-2-3-13(16)8-14(12)17/h2-3,8,11H,4-7,9H2,1H3. The SMILES string of the molecule is Cc1nc(C2CCN(Cc3ccc(F)cc3F)CC2)no1. The average molecular weight is 293 g/mol. The largest absolute Gasteiger partial charge is 0.340 e. The maximum Gasteiger partial charge on any atom is 0.223 e. The second-order valence-electron chi connectivity index (χ2n) is 5.46. The number of nitrogens with zero attached hydrogens (tertiary/aromatic N) is 3. The molecule has 0 saturated carbocycles. The first-order chi connectivity index (χ1) is 10.1. The van der Waals surface area contributed by atoms with E-state index in [4.69, 9.17) is 4.52 Å². The number of aryl methyl sites for hydroxylation is 1. The summed E-state index contributed by atoms with van der Waals surface area (Å²) in [5.74, 6) is 0.631. The van der Waals surface area contributed by atoms with Crippen LogP contribution < -0.4 is 0 Å². The lowest BCUT2D eigenvalue weighted by molar-refractivity contribution is 0.198. The van der Waals surface area contributed by atoms with Gasteiger partial charge in [0.1, 0.15) is 11.6 Å². The molecule has 1 aromatic heterocycles. The van der Waals surface area contributed by atoms with E-state index in [0.29, 0.717) is 23.9 Å². The van der Waals surface area contributed by atoms with Crippen LogP contribution in [0.5, 0.6) is 0 Å². The van der Waals surface area contributed by atoms with Crippen LogP contribution in [0.15, 0.2) is 22.7 Å². The van der Waals surface area contributed by atoms with Crippen LogP contribution in [0.2, 0.25) is 0 Å². The van der Waals surface area contributed by atoms with Gasteiger partial charge in [0.25, 0.3) is 0 Å². The average Bonchev–Trinajstić information content (AvgIpc) is 2.89. The van der Waals surface area contributed by atoms with E-state index in [1.165, 1.54) is 12.1 Å². The highest BCUT2D eigenvalue weighted by Gasteiger charge is 2.24. The summed E-state index contributed by atoms with van der Waals surface area (Å²) in [6, 6.07) is 3.75. The lowest BCUT2D eigenvalue weighted by atomic mass is 9.96. The van der Waals surface area contributed by atoms with Crippen molar-refractivity contribution in [1.82, 2.24) is 15.0 Å². The first-order valence-electron chi connectivity index (χ1n) is 7.08. The van der Waals surface area contributed by atoms with E-state index >= 15 is 0 Å². The number of aromatic nitrogens is 2. The molecule has 0 bridgehead atoms. The first kappa shape index (κ1) is 14.1. The summed E-state index contributed by atoms with van der Waals surface area (Å²) in [4.78, 5) is 6.44. The molecule has 1 aliphatic heterocycles. The van der Waals surface area contributed by atoms with Gasteiger partial charge in [0.05, 0.1) is 0 Å². The van der Waals surface area contributed by atoms with Gasteiger partial charge in [0.15, 0.2) is 5.82 Å². The monoisotopic (exact) mass is 293 g/mol. The van der Waals surface area contributed by atoms with Crippen molar-refractivity contribution in [3.8, 4) is 0 Å². The van der Waals surface area contributed by atoms with Crippen molar-refractivity contribution < 1.29 is 13.3 Å². The van der Waals surface area contributed by atoms with Gasteiger partial charge in [0, 0.05) is 31.0 Å². The molecular formula is C15H17F2N3O. The summed E-state index contributed by atoms with van der Waals surface area (Å²) in [6.45, 7) is 3.97. The quantitative estimate of drug-likeness (QED) is 0.872. The molecule has 0 atom stereocenters. The minimum atomic E-state index is -0.539. The molecule has 0 aliphatic carbocycles. The summed E-state index contributed by atoms with van der Waals surface area (Å²) in [5, 5.41) is 3.97. The highest BCUT2D eigenvalue weighted by molar-refractivity contribution is 5.18. The second-order valence-corrected chi connectivity index (χ2v) is 5.46. The summed E-state index contributed by atoms with van der Waals surface area (Å²) < 4.78 is 31.5. The Bertz CT molecular complexity index is 621. The van der Waals surface area contributed by atoms with E-state index < -0.39 is 11.6 Å². The van der Waals surface area contributed by atoms with Crippen molar-refractivity contribution in [2.75, 3.05) is 13.1 Å². The topological polar surface area (TPSA) is 42.2 Å². The first-order valence-corrected chi connectivity index (χ1v) is 7.08. The lowest BCUT2D eigenvalue weighted by Crippen LogP contribution is -2.33. The second kappa shape index (κ2) is 5.89. The van der Waals surface area contributed by atoms with Gasteiger partial charge >= 0.3 is 0 Å². The van der Waals surface area contributed by atoms with Gasteiger partial charge < -0.3 is 4.52 Å². The molecule has 1 saturated heterocycles. The Labute approximate surface area is 121 Å². The smallest absolute Gasteiger partial charge is 0.223 e. The fourth-order valence-corrected chi connectivity index (χ4v) is 2.72. The van der Waals surface area contributed by atoms with Crippen LogP contribution in [0.3, 0.4) is 0 Å². The molecule has 1 aromatic carbocycles. The third-order valence-electron chi connectivity index (χ3n) is 3.91. The molecular weight excluding hydrogens is 276 g/mol. The zero-order chi connectivity index (χ0) is 14.8. The molecule has 1 aliphatic rings. The van der Waals surface area contributed by atoms with Gasteiger partial charge in [-0.05, 0) is 32.0 Å². The molecule has 0 N–H and O–H groups in total. The number of rotatable bonds is 3. The van der Waals surface area contributed by atoms with Crippen molar-refractivity contribution in [3.05, 3.63) is 47.1 Å². The Morgan fingerprint density at radius 3 is 2.67 bits per heavy atom. The molecule has 0 spiro atoms. The van der Waals surface area contributed by atoms with Crippen molar-refractivity contribution in [3.63, 3.8) is 0 Å². The predicted octanol–water partition coefficient (Wildman–Crippen LogP) is 3.04. The van der Waals surface area contributed by atoms with Gasteiger partial charge in [0.2, 0.25) is 5.89 Å². The molecule has 0 radical (unpaired) electrons. The number of halogens is 2. The van der Waals surface area contributed by atoms with Crippen molar-refractivity contribution in [1.29, 1.82) is 0 Å². The van der Waals surface area contributed by atoms with Crippen LogP contribution in [-0.4, -0.2) is 28.1 Å². The molecule has 3 rings (SSSR count). The van der Waals surface area contributed by atoms with Crippen LogP contribution in [0.1, 0.15) is 36.0 Å².